The number of carbonyl (C=O) groups excluding carboxylic acids is 1. The van der Waals surface area contributed by atoms with E-state index in [1.54, 1.807) is 30.0 Å². The third-order valence-electron chi connectivity index (χ3n) is 3.33. The Morgan fingerprint density at radius 2 is 2.30 bits per heavy atom. The molecule has 1 aliphatic rings. The predicted octanol–water partition coefficient (Wildman–Crippen LogP) is 1.12. The Morgan fingerprint density at radius 1 is 1.55 bits per heavy atom. The molecule has 0 radical (unpaired) electrons. The number of carboxylic acids is 1. The van der Waals surface area contributed by atoms with E-state index in [0.717, 1.165) is 0 Å². The molecular weight excluding hydrogens is 280 g/mol. The summed E-state index contributed by atoms with van der Waals surface area (Å²) in [5.74, 6) is -0.762. The summed E-state index contributed by atoms with van der Waals surface area (Å²) in [7, 11) is 1.60. The van der Waals surface area contributed by atoms with Crippen LogP contribution in [0.15, 0.2) is 18.3 Å². The molecule has 1 aromatic heterocycles. The number of carboxylic acid groups (broad SMARTS) is 1. The number of amides is 1. The van der Waals surface area contributed by atoms with Gasteiger partial charge in [0, 0.05) is 25.6 Å². The van der Waals surface area contributed by atoms with Gasteiger partial charge in [0.05, 0.1) is 12.0 Å². The van der Waals surface area contributed by atoms with Crippen molar-refractivity contribution < 1.29 is 19.4 Å². The number of ether oxygens (including phenoxy) is 1. The summed E-state index contributed by atoms with van der Waals surface area (Å²) in [6.45, 7) is 2.92. The smallest absolute Gasteiger partial charge is 0.327 e. The van der Waals surface area contributed by atoms with Gasteiger partial charge < -0.3 is 19.3 Å². The average Bonchev–Trinajstić information content (AvgIpc) is 3.01. The van der Waals surface area contributed by atoms with E-state index < -0.39 is 12.0 Å². The number of nitrogens with zero attached hydrogens (tertiary/aromatic N) is 2. The highest BCUT2D eigenvalue weighted by Gasteiger charge is 2.40. The van der Waals surface area contributed by atoms with Crippen LogP contribution in [0.1, 0.15) is 17.4 Å². The second kappa shape index (κ2) is 6.32. The predicted molar refractivity (Wildman–Crippen MR) is 75.8 cm³/mol. The van der Waals surface area contributed by atoms with Gasteiger partial charge in [0.25, 0.3) is 5.91 Å². The minimum atomic E-state index is -0.954. The van der Waals surface area contributed by atoms with Gasteiger partial charge in [-0.15, -0.1) is 11.8 Å². The van der Waals surface area contributed by atoms with Gasteiger partial charge in [-0.3, -0.25) is 4.79 Å². The summed E-state index contributed by atoms with van der Waals surface area (Å²) in [5.41, 5.74) is 0.502. The standard InChI is InChI=1S/C13H18N2O4S/c1-9-15(11(8-20-9)13(17)18)12(16)10-4-3-5-14(10)6-7-19-2/h3-5,9,11H,6-8H2,1-2H3,(H,17,18). The lowest BCUT2D eigenvalue weighted by molar-refractivity contribution is -0.141. The molecule has 0 saturated carbocycles. The lowest BCUT2D eigenvalue weighted by Gasteiger charge is -2.25. The average molecular weight is 298 g/mol. The first-order chi connectivity index (χ1) is 9.56. The summed E-state index contributed by atoms with van der Waals surface area (Å²) in [6, 6.07) is 2.74. The molecule has 0 spiro atoms. The highest BCUT2D eigenvalue weighted by atomic mass is 32.2. The maximum atomic E-state index is 12.6. The summed E-state index contributed by atoms with van der Waals surface area (Å²) >= 11 is 1.48. The monoisotopic (exact) mass is 298 g/mol. The molecule has 20 heavy (non-hydrogen) atoms. The van der Waals surface area contributed by atoms with Crippen molar-refractivity contribution in [1.82, 2.24) is 9.47 Å². The molecule has 1 N–H and O–H groups in total. The summed E-state index contributed by atoms with van der Waals surface area (Å²) < 4.78 is 6.80. The molecule has 7 heteroatoms. The number of thioether (sulfide) groups is 1. The SMILES string of the molecule is COCCn1cccc1C(=O)N1C(C)SCC1C(=O)O. The van der Waals surface area contributed by atoms with Gasteiger partial charge in [-0.25, -0.2) is 4.79 Å². The molecule has 1 fully saturated rings. The van der Waals surface area contributed by atoms with Crippen LogP contribution < -0.4 is 0 Å². The van der Waals surface area contributed by atoms with Crippen LogP contribution in [-0.2, 0) is 16.1 Å². The van der Waals surface area contributed by atoms with Crippen molar-refractivity contribution in [2.45, 2.75) is 24.9 Å². The fourth-order valence-corrected chi connectivity index (χ4v) is 3.43. The minimum Gasteiger partial charge on any atom is -0.480 e. The zero-order valence-corrected chi connectivity index (χ0v) is 12.3. The molecule has 1 aliphatic heterocycles. The molecule has 0 aliphatic carbocycles. The van der Waals surface area contributed by atoms with Crippen LogP contribution in [0.5, 0.6) is 0 Å². The fraction of sp³-hybridized carbons (Fsp3) is 0.538. The van der Waals surface area contributed by atoms with E-state index in [4.69, 9.17) is 4.74 Å². The third-order valence-corrected chi connectivity index (χ3v) is 4.55. The number of methoxy groups -OCH3 is 1. The van der Waals surface area contributed by atoms with E-state index in [1.165, 1.54) is 16.7 Å². The molecule has 2 rings (SSSR count). The van der Waals surface area contributed by atoms with Crippen LogP contribution in [0.4, 0.5) is 0 Å². The van der Waals surface area contributed by atoms with Crippen molar-refractivity contribution in [2.75, 3.05) is 19.5 Å². The van der Waals surface area contributed by atoms with E-state index in [-0.39, 0.29) is 11.3 Å². The number of aromatic nitrogens is 1. The van der Waals surface area contributed by atoms with E-state index >= 15 is 0 Å². The minimum absolute atomic E-state index is 0.130. The quantitative estimate of drug-likeness (QED) is 0.882. The first-order valence-corrected chi connectivity index (χ1v) is 7.42. The largest absolute Gasteiger partial charge is 0.480 e. The Kier molecular flexibility index (Phi) is 4.72. The van der Waals surface area contributed by atoms with Crippen LogP contribution in [0, 0.1) is 0 Å². The zero-order valence-electron chi connectivity index (χ0n) is 11.5. The second-order valence-electron chi connectivity index (χ2n) is 4.58. The van der Waals surface area contributed by atoms with Gasteiger partial charge in [0.1, 0.15) is 11.7 Å². The third kappa shape index (κ3) is 2.83. The van der Waals surface area contributed by atoms with Crippen molar-refractivity contribution in [2.24, 2.45) is 0 Å². The van der Waals surface area contributed by atoms with E-state index in [1.807, 2.05) is 6.92 Å². The van der Waals surface area contributed by atoms with E-state index in [9.17, 15) is 14.7 Å². The Morgan fingerprint density at radius 3 is 2.95 bits per heavy atom. The first kappa shape index (κ1) is 14.9. The summed E-state index contributed by atoms with van der Waals surface area (Å²) in [4.78, 5) is 25.3. The molecule has 1 saturated heterocycles. The fourth-order valence-electron chi connectivity index (χ4n) is 2.27. The van der Waals surface area contributed by atoms with Gasteiger partial charge in [-0.05, 0) is 19.1 Å². The van der Waals surface area contributed by atoms with Crippen LogP contribution in [0.3, 0.4) is 0 Å². The van der Waals surface area contributed by atoms with Crippen molar-refractivity contribution in [1.29, 1.82) is 0 Å². The maximum Gasteiger partial charge on any atom is 0.327 e. The Labute approximate surface area is 121 Å². The lowest BCUT2D eigenvalue weighted by atomic mass is 10.2. The van der Waals surface area contributed by atoms with Gasteiger partial charge in [-0.1, -0.05) is 0 Å². The highest BCUT2D eigenvalue weighted by Crippen LogP contribution is 2.30. The molecule has 2 unspecified atom stereocenters. The van der Waals surface area contributed by atoms with Crippen LogP contribution in [-0.4, -0.2) is 57.3 Å². The molecule has 2 heterocycles. The number of hydrogen-bond donors (Lipinski definition) is 1. The van der Waals surface area contributed by atoms with Gasteiger partial charge >= 0.3 is 5.97 Å². The Balaban J connectivity index is 2.21. The van der Waals surface area contributed by atoms with E-state index in [0.29, 0.717) is 24.6 Å². The highest BCUT2D eigenvalue weighted by molar-refractivity contribution is 8.00. The van der Waals surface area contributed by atoms with Gasteiger partial charge in [-0.2, -0.15) is 0 Å². The second-order valence-corrected chi connectivity index (χ2v) is 5.93. The lowest BCUT2D eigenvalue weighted by Crippen LogP contribution is -2.45. The van der Waals surface area contributed by atoms with Gasteiger partial charge in [0.2, 0.25) is 0 Å². The van der Waals surface area contributed by atoms with Gasteiger partial charge in [0.15, 0.2) is 0 Å². The Bertz CT molecular complexity index is 502. The topological polar surface area (TPSA) is 71.8 Å². The maximum absolute atomic E-state index is 12.6. The van der Waals surface area contributed by atoms with Crippen molar-refractivity contribution in [3.05, 3.63) is 24.0 Å². The summed E-state index contributed by atoms with van der Waals surface area (Å²) in [6.07, 6.45) is 1.80. The van der Waals surface area contributed by atoms with Crippen LogP contribution >= 0.6 is 11.8 Å². The molecule has 0 aromatic carbocycles. The Hall–Kier alpha value is -1.47. The molecule has 1 amide bonds. The number of hydrogen-bond acceptors (Lipinski definition) is 4. The first-order valence-electron chi connectivity index (χ1n) is 6.37. The van der Waals surface area contributed by atoms with E-state index in [2.05, 4.69) is 0 Å². The van der Waals surface area contributed by atoms with Crippen molar-refractivity contribution in [3.63, 3.8) is 0 Å². The molecular formula is C13H18N2O4S. The van der Waals surface area contributed by atoms with Crippen LogP contribution in [0.2, 0.25) is 0 Å². The number of rotatable bonds is 5. The number of aliphatic carboxylic acids is 1. The normalized spacial score (nSPS) is 22.2. The summed E-state index contributed by atoms with van der Waals surface area (Å²) in [5, 5.41) is 9.09. The molecule has 2 atom stereocenters. The van der Waals surface area contributed by atoms with Crippen LogP contribution in [0.25, 0.3) is 0 Å². The molecule has 110 valence electrons. The molecule has 0 bridgehead atoms. The van der Waals surface area contributed by atoms with Crippen molar-refractivity contribution >= 4 is 23.6 Å². The zero-order chi connectivity index (χ0) is 14.7. The number of carbonyl (C=O) groups is 2. The molecule has 6 nitrogen and oxygen atoms in total. The molecule has 1 aromatic rings. The van der Waals surface area contributed by atoms with Crippen molar-refractivity contribution in [3.8, 4) is 0 Å².